The summed E-state index contributed by atoms with van der Waals surface area (Å²) in [5, 5.41) is 0. The first kappa shape index (κ1) is 10.2. The van der Waals surface area contributed by atoms with E-state index in [2.05, 4.69) is 13.1 Å². The maximum absolute atomic E-state index is 5.96. The Labute approximate surface area is 76.5 Å². The molecule has 2 nitrogen and oxygen atoms in total. The van der Waals surface area contributed by atoms with Gasteiger partial charge in [0.1, 0.15) is 0 Å². The lowest BCUT2D eigenvalue weighted by Gasteiger charge is -2.25. The summed E-state index contributed by atoms with van der Waals surface area (Å²) in [6, 6.07) is 0. The van der Waals surface area contributed by atoms with Crippen molar-refractivity contribution in [2.24, 2.45) is 0 Å². The SMILES string of the molecule is CCO[Si](C)(C)OC1CCCC1. The zero-order valence-corrected chi connectivity index (χ0v) is 9.43. The van der Waals surface area contributed by atoms with Crippen LogP contribution in [0.2, 0.25) is 13.1 Å². The van der Waals surface area contributed by atoms with Crippen molar-refractivity contribution in [3.05, 3.63) is 0 Å². The van der Waals surface area contributed by atoms with Gasteiger partial charge in [-0.3, -0.25) is 0 Å². The average Bonchev–Trinajstić information content (AvgIpc) is 2.38. The minimum absolute atomic E-state index is 0.498. The van der Waals surface area contributed by atoms with Crippen molar-refractivity contribution in [2.75, 3.05) is 6.61 Å². The van der Waals surface area contributed by atoms with Crippen molar-refractivity contribution in [3.63, 3.8) is 0 Å². The topological polar surface area (TPSA) is 18.5 Å². The first-order chi connectivity index (χ1) is 5.64. The summed E-state index contributed by atoms with van der Waals surface area (Å²) in [5.41, 5.74) is 0. The molecular weight excluding hydrogens is 168 g/mol. The van der Waals surface area contributed by atoms with Crippen LogP contribution in [0.5, 0.6) is 0 Å². The van der Waals surface area contributed by atoms with Crippen molar-refractivity contribution >= 4 is 8.56 Å². The minimum Gasteiger partial charge on any atom is -0.395 e. The van der Waals surface area contributed by atoms with Crippen LogP contribution in [0.4, 0.5) is 0 Å². The van der Waals surface area contributed by atoms with E-state index in [-0.39, 0.29) is 0 Å². The van der Waals surface area contributed by atoms with Crippen LogP contribution in [0, 0.1) is 0 Å². The van der Waals surface area contributed by atoms with Crippen LogP contribution in [0.3, 0.4) is 0 Å². The lowest BCUT2D eigenvalue weighted by atomic mass is 10.3. The van der Waals surface area contributed by atoms with E-state index < -0.39 is 8.56 Å². The molecule has 12 heavy (non-hydrogen) atoms. The summed E-state index contributed by atoms with van der Waals surface area (Å²) in [6.45, 7) is 7.09. The highest BCUT2D eigenvalue weighted by atomic mass is 28.4. The molecule has 0 saturated heterocycles. The second-order valence-electron chi connectivity index (χ2n) is 3.86. The largest absolute Gasteiger partial charge is 0.395 e. The average molecular weight is 188 g/mol. The maximum atomic E-state index is 5.96. The van der Waals surface area contributed by atoms with Crippen LogP contribution >= 0.6 is 0 Å². The Morgan fingerprint density at radius 1 is 1.25 bits per heavy atom. The molecule has 3 heteroatoms. The second kappa shape index (κ2) is 4.39. The highest BCUT2D eigenvalue weighted by molar-refractivity contribution is 6.64. The Balaban J connectivity index is 2.27. The molecule has 0 amide bonds. The third kappa shape index (κ3) is 3.25. The van der Waals surface area contributed by atoms with Crippen molar-refractivity contribution < 1.29 is 8.85 Å². The lowest BCUT2D eigenvalue weighted by Crippen LogP contribution is -2.38. The number of hydrogen-bond donors (Lipinski definition) is 0. The van der Waals surface area contributed by atoms with Crippen molar-refractivity contribution in [1.29, 1.82) is 0 Å². The van der Waals surface area contributed by atoms with Crippen LogP contribution in [0.1, 0.15) is 32.6 Å². The maximum Gasteiger partial charge on any atom is 0.331 e. The number of rotatable bonds is 4. The van der Waals surface area contributed by atoms with E-state index >= 15 is 0 Å². The molecular formula is C9H20O2Si. The Morgan fingerprint density at radius 2 is 1.83 bits per heavy atom. The standard InChI is InChI=1S/C9H20O2Si/c1-4-10-12(2,3)11-9-7-5-6-8-9/h9H,4-8H2,1-3H3. The molecule has 0 aromatic carbocycles. The smallest absolute Gasteiger partial charge is 0.331 e. The highest BCUT2D eigenvalue weighted by Gasteiger charge is 2.29. The molecule has 0 spiro atoms. The molecule has 0 bridgehead atoms. The molecule has 1 aliphatic carbocycles. The summed E-state index contributed by atoms with van der Waals surface area (Å²) in [5.74, 6) is 0. The summed E-state index contributed by atoms with van der Waals surface area (Å²) >= 11 is 0. The molecule has 0 atom stereocenters. The van der Waals surface area contributed by atoms with Gasteiger partial charge in [0.15, 0.2) is 0 Å². The molecule has 0 aliphatic heterocycles. The number of hydrogen-bond acceptors (Lipinski definition) is 2. The molecule has 0 radical (unpaired) electrons. The predicted octanol–water partition coefficient (Wildman–Crippen LogP) is 2.68. The molecule has 0 N–H and O–H groups in total. The highest BCUT2D eigenvalue weighted by Crippen LogP contribution is 2.24. The first-order valence-electron chi connectivity index (χ1n) is 4.96. The van der Waals surface area contributed by atoms with Crippen molar-refractivity contribution in [1.82, 2.24) is 0 Å². The van der Waals surface area contributed by atoms with Crippen LogP contribution < -0.4 is 0 Å². The fourth-order valence-corrected chi connectivity index (χ4v) is 3.59. The third-order valence-electron chi connectivity index (χ3n) is 2.24. The van der Waals surface area contributed by atoms with E-state index in [1.165, 1.54) is 25.7 Å². The third-order valence-corrected chi connectivity index (χ3v) is 4.13. The minimum atomic E-state index is -1.77. The second-order valence-corrected chi connectivity index (χ2v) is 7.18. The molecule has 1 rings (SSSR count). The fraction of sp³-hybridized carbons (Fsp3) is 1.00. The van der Waals surface area contributed by atoms with Gasteiger partial charge in [0.25, 0.3) is 0 Å². The van der Waals surface area contributed by atoms with Gasteiger partial charge in [-0.05, 0) is 32.9 Å². The van der Waals surface area contributed by atoms with Crippen LogP contribution in [-0.4, -0.2) is 21.3 Å². The van der Waals surface area contributed by atoms with Crippen LogP contribution in [0.15, 0.2) is 0 Å². The van der Waals surface area contributed by atoms with Gasteiger partial charge >= 0.3 is 8.56 Å². The van der Waals surface area contributed by atoms with Gasteiger partial charge in [-0.2, -0.15) is 0 Å². The van der Waals surface area contributed by atoms with E-state index in [1.807, 2.05) is 6.92 Å². The predicted molar refractivity (Wildman–Crippen MR) is 52.4 cm³/mol. The van der Waals surface area contributed by atoms with Gasteiger partial charge in [0.05, 0.1) is 0 Å². The Hall–Kier alpha value is 0.137. The Bertz CT molecular complexity index is 130. The van der Waals surface area contributed by atoms with Crippen LogP contribution in [0.25, 0.3) is 0 Å². The molecule has 0 aromatic rings. The van der Waals surface area contributed by atoms with E-state index in [0.717, 1.165) is 6.61 Å². The van der Waals surface area contributed by atoms with Crippen LogP contribution in [-0.2, 0) is 8.85 Å². The zero-order chi connectivity index (χ0) is 9.03. The quantitative estimate of drug-likeness (QED) is 0.632. The van der Waals surface area contributed by atoms with Gasteiger partial charge in [-0.25, -0.2) is 0 Å². The van der Waals surface area contributed by atoms with Gasteiger partial charge in [-0.15, -0.1) is 0 Å². The van der Waals surface area contributed by atoms with Crippen molar-refractivity contribution in [3.8, 4) is 0 Å². The normalized spacial score (nSPS) is 20.2. The molecule has 1 aliphatic rings. The monoisotopic (exact) mass is 188 g/mol. The molecule has 0 heterocycles. The van der Waals surface area contributed by atoms with Gasteiger partial charge in [-0.1, -0.05) is 12.8 Å². The zero-order valence-electron chi connectivity index (χ0n) is 8.43. The summed E-state index contributed by atoms with van der Waals surface area (Å²) in [7, 11) is -1.77. The van der Waals surface area contributed by atoms with Gasteiger partial charge in [0, 0.05) is 12.7 Å². The van der Waals surface area contributed by atoms with E-state index in [0.29, 0.717) is 6.10 Å². The Morgan fingerprint density at radius 3 is 2.33 bits per heavy atom. The van der Waals surface area contributed by atoms with E-state index in [9.17, 15) is 0 Å². The van der Waals surface area contributed by atoms with E-state index in [1.54, 1.807) is 0 Å². The molecule has 1 saturated carbocycles. The molecule has 72 valence electrons. The van der Waals surface area contributed by atoms with E-state index in [4.69, 9.17) is 8.85 Å². The summed E-state index contributed by atoms with van der Waals surface area (Å²) in [4.78, 5) is 0. The molecule has 0 unspecified atom stereocenters. The molecule has 0 aromatic heterocycles. The first-order valence-corrected chi connectivity index (χ1v) is 7.77. The van der Waals surface area contributed by atoms with Gasteiger partial charge < -0.3 is 8.85 Å². The Kier molecular flexibility index (Phi) is 3.74. The van der Waals surface area contributed by atoms with Crippen molar-refractivity contribution in [2.45, 2.75) is 51.8 Å². The summed E-state index contributed by atoms with van der Waals surface area (Å²) in [6.07, 6.45) is 5.65. The fourth-order valence-electron chi connectivity index (χ4n) is 1.79. The lowest BCUT2D eigenvalue weighted by molar-refractivity contribution is 0.128. The van der Waals surface area contributed by atoms with Gasteiger partial charge in [0.2, 0.25) is 0 Å². The summed E-state index contributed by atoms with van der Waals surface area (Å²) < 4.78 is 11.6. The molecule has 1 fully saturated rings.